The van der Waals surface area contributed by atoms with Crippen LogP contribution >= 0.6 is 0 Å². The minimum Gasteiger partial charge on any atom is -0.400 e. The van der Waals surface area contributed by atoms with Crippen molar-refractivity contribution in [3.63, 3.8) is 0 Å². The van der Waals surface area contributed by atoms with Crippen molar-refractivity contribution in [3.8, 4) is 0 Å². The van der Waals surface area contributed by atoms with Gasteiger partial charge in [-0.05, 0) is 19.8 Å². The van der Waals surface area contributed by atoms with E-state index in [0.717, 1.165) is 12.5 Å². The number of rotatable bonds is 8. The van der Waals surface area contributed by atoms with Gasteiger partial charge in [0, 0.05) is 19.1 Å². The third-order valence-electron chi connectivity index (χ3n) is 1.83. The highest BCUT2D eigenvalue weighted by molar-refractivity contribution is 6.58. The molecule has 0 saturated carbocycles. The summed E-state index contributed by atoms with van der Waals surface area (Å²) in [6.45, 7) is 3.96. The molecule has 0 fully saturated rings. The fourth-order valence-electron chi connectivity index (χ4n) is 0.915. The van der Waals surface area contributed by atoms with Crippen molar-refractivity contribution in [1.29, 1.82) is 0 Å². The van der Waals surface area contributed by atoms with Crippen molar-refractivity contribution in [2.45, 2.75) is 25.2 Å². The lowest BCUT2D eigenvalue weighted by Crippen LogP contribution is -2.24. The molecule has 1 radical (unpaired) electrons. The molecule has 0 amide bonds. The van der Waals surface area contributed by atoms with Crippen LogP contribution in [0.2, 0.25) is 6.04 Å². The molecule has 0 spiro atoms. The number of aliphatic hydroxyl groups is 3. The Bertz CT molecular complexity index is 108. The van der Waals surface area contributed by atoms with Gasteiger partial charge < -0.3 is 20.1 Å². The quantitative estimate of drug-likeness (QED) is 0.278. The van der Waals surface area contributed by atoms with E-state index in [4.69, 9.17) is 20.1 Å². The normalized spacial score (nSPS) is 13.6. The predicted octanol–water partition coefficient (Wildman–Crippen LogP) is -0.774. The van der Waals surface area contributed by atoms with Gasteiger partial charge >= 0.3 is 0 Å². The Kier molecular flexibility index (Phi) is 8.68. The summed E-state index contributed by atoms with van der Waals surface area (Å²) < 4.78 is 4.98. The van der Waals surface area contributed by atoms with Crippen LogP contribution in [-0.4, -0.2) is 49.5 Å². The molecule has 4 nitrogen and oxygen atoms in total. The predicted molar refractivity (Wildman–Crippen MR) is 52.7 cm³/mol. The topological polar surface area (TPSA) is 69.9 Å². The van der Waals surface area contributed by atoms with Crippen LogP contribution in [-0.2, 0) is 4.74 Å². The fraction of sp³-hybridized carbons (Fsp3) is 0.875. The molecule has 0 heterocycles. The van der Waals surface area contributed by atoms with E-state index in [1.165, 1.54) is 0 Å². The molecule has 0 aromatic heterocycles. The van der Waals surface area contributed by atoms with Crippen molar-refractivity contribution >= 4 is 8.80 Å². The second kappa shape index (κ2) is 8.65. The Morgan fingerprint density at radius 2 is 1.92 bits per heavy atom. The lowest BCUT2D eigenvalue weighted by atomic mass is 10.4. The van der Waals surface area contributed by atoms with Crippen molar-refractivity contribution in [2.24, 2.45) is 0 Å². The molecule has 3 N–H and O–H groups in total. The number of hydrogen-bond donors (Lipinski definition) is 3. The van der Waals surface area contributed by atoms with E-state index in [2.05, 4.69) is 6.92 Å². The zero-order chi connectivity index (χ0) is 10.1. The average molecular weight is 207 g/mol. The van der Waals surface area contributed by atoms with Crippen LogP contribution < -0.4 is 0 Å². The summed E-state index contributed by atoms with van der Waals surface area (Å²) in [7, 11) is -1.33. The Morgan fingerprint density at radius 1 is 1.31 bits per heavy atom. The minimum atomic E-state index is -1.33. The van der Waals surface area contributed by atoms with Crippen LogP contribution in [0.15, 0.2) is 0 Å². The fourth-order valence-corrected chi connectivity index (χ4v) is 2.14. The van der Waals surface area contributed by atoms with Gasteiger partial charge in [0.05, 0.1) is 8.80 Å². The first-order valence-corrected chi connectivity index (χ1v) is 7.00. The monoisotopic (exact) mass is 207 g/mol. The molecule has 1 unspecified atom stereocenters. The molecular weight excluding hydrogens is 188 g/mol. The van der Waals surface area contributed by atoms with Crippen LogP contribution in [0.1, 0.15) is 12.8 Å². The van der Waals surface area contributed by atoms with E-state index in [1.54, 1.807) is 0 Å². The standard InChI is InChI=1S/C8H19O4Si/c1-2-8(11)12-4-3-5-13(6-9)7-10/h8-11,13H,1-7H2. The van der Waals surface area contributed by atoms with Gasteiger partial charge in [-0.15, -0.1) is 0 Å². The summed E-state index contributed by atoms with van der Waals surface area (Å²) >= 11 is 0. The van der Waals surface area contributed by atoms with E-state index >= 15 is 0 Å². The summed E-state index contributed by atoms with van der Waals surface area (Å²) in [5, 5.41) is 26.5. The van der Waals surface area contributed by atoms with E-state index in [9.17, 15) is 0 Å². The van der Waals surface area contributed by atoms with Gasteiger partial charge in [-0.3, -0.25) is 0 Å². The van der Waals surface area contributed by atoms with Gasteiger partial charge in [0.25, 0.3) is 0 Å². The molecule has 0 aromatic rings. The van der Waals surface area contributed by atoms with Crippen LogP contribution in [0, 0.1) is 6.92 Å². The lowest BCUT2D eigenvalue weighted by Gasteiger charge is -2.11. The summed E-state index contributed by atoms with van der Waals surface area (Å²) in [6.07, 6.45) is 0.627. The first-order chi connectivity index (χ1) is 6.24. The highest BCUT2D eigenvalue weighted by Gasteiger charge is 2.07. The first kappa shape index (κ1) is 13.1. The van der Waals surface area contributed by atoms with Crippen LogP contribution in [0.3, 0.4) is 0 Å². The molecule has 0 rings (SSSR count). The maximum atomic E-state index is 8.97. The molecule has 0 aliphatic rings. The molecule has 0 saturated heterocycles. The van der Waals surface area contributed by atoms with Gasteiger partial charge in [-0.2, -0.15) is 0 Å². The van der Waals surface area contributed by atoms with Gasteiger partial charge in [0.15, 0.2) is 6.29 Å². The second-order valence-electron chi connectivity index (χ2n) is 2.99. The molecule has 0 aromatic carbocycles. The Labute approximate surface area is 80.8 Å². The first-order valence-electron chi connectivity index (χ1n) is 4.55. The van der Waals surface area contributed by atoms with Crippen molar-refractivity contribution in [1.82, 2.24) is 0 Å². The molecular formula is C8H19O4Si. The summed E-state index contributed by atoms with van der Waals surface area (Å²) in [5.41, 5.74) is 0. The van der Waals surface area contributed by atoms with Gasteiger partial charge in [-0.25, -0.2) is 0 Å². The lowest BCUT2D eigenvalue weighted by molar-refractivity contribution is -0.0959. The molecule has 0 bridgehead atoms. The Balaban J connectivity index is 3.23. The van der Waals surface area contributed by atoms with Gasteiger partial charge in [-0.1, -0.05) is 6.04 Å². The van der Waals surface area contributed by atoms with Crippen molar-refractivity contribution in [3.05, 3.63) is 6.92 Å². The second-order valence-corrected chi connectivity index (χ2v) is 6.03. The molecule has 0 aliphatic carbocycles. The summed E-state index contributed by atoms with van der Waals surface area (Å²) in [5.74, 6) is 0. The summed E-state index contributed by atoms with van der Waals surface area (Å²) in [6, 6.07) is 0.844. The Hall–Kier alpha value is 0.0569. The minimum absolute atomic E-state index is 0.133. The number of ether oxygens (including phenoxy) is 1. The zero-order valence-electron chi connectivity index (χ0n) is 7.85. The van der Waals surface area contributed by atoms with Gasteiger partial charge in [0.2, 0.25) is 0 Å². The number of hydrogen-bond acceptors (Lipinski definition) is 4. The van der Waals surface area contributed by atoms with Gasteiger partial charge in [0.1, 0.15) is 0 Å². The smallest absolute Gasteiger partial charge is 0.154 e. The van der Waals surface area contributed by atoms with Crippen LogP contribution in [0.25, 0.3) is 0 Å². The Morgan fingerprint density at radius 3 is 2.38 bits per heavy atom. The van der Waals surface area contributed by atoms with Crippen molar-refractivity contribution < 1.29 is 20.1 Å². The third kappa shape index (κ3) is 7.15. The SMILES string of the molecule is [CH2]CC(O)OCCC[SiH](CO)CO. The van der Waals surface area contributed by atoms with E-state index in [0.29, 0.717) is 13.0 Å². The number of aliphatic hydroxyl groups excluding tert-OH is 3. The summed E-state index contributed by atoms with van der Waals surface area (Å²) in [4.78, 5) is 0. The van der Waals surface area contributed by atoms with Crippen LogP contribution in [0.5, 0.6) is 0 Å². The highest BCUT2D eigenvalue weighted by Crippen LogP contribution is 2.00. The third-order valence-corrected chi connectivity index (χ3v) is 4.09. The average Bonchev–Trinajstić information content (AvgIpc) is 2.18. The molecule has 13 heavy (non-hydrogen) atoms. The zero-order valence-corrected chi connectivity index (χ0v) is 9.01. The van der Waals surface area contributed by atoms with E-state index < -0.39 is 15.1 Å². The maximum Gasteiger partial charge on any atom is 0.154 e. The van der Waals surface area contributed by atoms with Crippen LogP contribution in [0.4, 0.5) is 0 Å². The molecule has 1 atom stereocenters. The largest absolute Gasteiger partial charge is 0.400 e. The molecule has 0 aliphatic heterocycles. The van der Waals surface area contributed by atoms with E-state index in [-0.39, 0.29) is 12.5 Å². The molecule has 5 heteroatoms. The maximum absolute atomic E-state index is 8.97. The highest BCUT2D eigenvalue weighted by atomic mass is 28.3. The van der Waals surface area contributed by atoms with Crippen molar-refractivity contribution in [2.75, 3.05) is 19.1 Å². The molecule has 79 valence electrons. The van der Waals surface area contributed by atoms with E-state index in [1.807, 2.05) is 0 Å².